The standard InChI is InChI=1S/C23H31F2N9O4/c1-3-37-19-12-28-18(11-29-19)31-21(35)33(2)16-13-34(10-7-23(16,24)25)20-27-9-6-17(30-20)32-22(36)38-14-15-5-4-8-26-15/h6,9,11-12,15-16,26H,3-5,7-8,10,13-14H2,1-2H3,(H,28,31,35)(H,27,30,32,36)/t15-,16-/m0/s1. The second-order valence-electron chi connectivity index (χ2n) is 8.95. The lowest BCUT2D eigenvalue weighted by Gasteiger charge is -2.42. The lowest BCUT2D eigenvalue weighted by atomic mass is 10.00. The maximum absolute atomic E-state index is 14.9. The smallest absolute Gasteiger partial charge is 0.412 e. The van der Waals surface area contributed by atoms with Crippen molar-refractivity contribution >= 4 is 29.7 Å². The summed E-state index contributed by atoms with van der Waals surface area (Å²) in [7, 11) is 1.29. The molecule has 2 aromatic heterocycles. The molecule has 2 aromatic rings. The summed E-state index contributed by atoms with van der Waals surface area (Å²) in [6.07, 6.45) is 4.81. The number of nitrogens with one attached hydrogen (secondary N) is 3. The molecule has 2 fully saturated rings. The van der Waals surface area contributed by atoms with Crippen LogP contribution in [0.3, 0.4) is 0 Å². The Hall–Kier alpha value is -3.88. The predicted octanol–water partition coefficient (Wildman–Crippen LogP) is 2.34. The van der Waals surface area contributed by atoms with Gasteiger partial charge < -0.3 is 24.6 Å². The molecule has 4 rings (SSSR count). The number of ether oxygens (including phenoxy) is 2. The first-order chi connectivity index (χ1) is 18.2. The molecule has 0 aromatic carbocycles. The van der Waals surface area contributed by atoms with E-state index in [0.717, 1.165) is 24.3 Å². The molecular formula is C23H31F2N9O4. The van der Waals surface area contributed by atoms with Gasteiger partial charge in [-0.15, -0.1) is 0 Å². The second-order valence-corrected chi connectivity index (χ2v) is 8.95. The van der Waals surface area contributed by atoms with E-state index in [2.05, 4.69) is 35.9 Å². The van der Waals surface area contributed by atoms with Gasteiger partial charge in [-0.25, -0.2) is 33.3 Å². The molecule has 38 heavy (non-hydrogen) atoms. The molecule has 0 bridgehead atoms. The molecule has 15 heteroatoms. The van der Waals surface area contributed by atoms with E-state index in [1.54, 1.807) is 11.8 Å². The van der Waals surface area contributed by atoms with Crippen LogP contribution in [0.25, 0.3) is 0 Å². The fourth-order valence-electron chi connectivity index (χ4n) is 4.20. The van der Waals surface area contributed by atoms with Crippen molar-refractivity contribution in [3.63, 3.8) is 0 Å². The largest absolute Gasteiger partial charge is 0.477 e. The Morgan fingerprint density at radius 2 is 2.08 bits per heavy atom. The van der Waals surface area contributed by atoms with Crippen LogP contribution in [-0.2, 0) is 4.74 Å². The van der Waals surface area contributed by atoms with Gasteiger partial charge in [0.15, 0.2) is 5.82 Å². The van der Waals surface area contributed by atoms with Crippen molar-refractivity contribution in [3.05, 3.63) is 24.7 Å². The first-order valence-corrected chi connectivity index (χ1v) is 12.4. The van der Waals surface area contributed by atoms with Crippen LogP contribution in [0, 0.1) is 0 Å². The van der Waals surface area contributed by atoms with Crippen molar-refractivity contribution < 1.29 is 27.8 Å². The summed E-state index contributed by atoms with van der Waals surface area (Å²) in [4.78, 5) is 43.9. The molecule has 2 aliphatic rings. The number of hydrogen-bond acceptors (Lipinski definition) is 10. The molecule has 3 N–H and O–H groups in total. The third-order valence-electron chi connectivity index (χ3n) is 6.27. The Bertz CT molecular complexity index is 1100. The van der Waals surface area contributed by atoms with Crippen LogP contribution >= 0.6 is 0 Å². The Kier molecular flexibility index (Phi) is 8.66. The molecular weight excluding hydrogens is 504 g/mol. The molecule has 206 valence electrons. The van der Waals surface area contributed by atoms with Crippen molar-refractivity contribution in [3.8, 4) is 5.88 Å². The molecule has 0 aliphatic carbocycles. The van der Waals surface area contributed by atoms with Crippen LogP contribution < -0.4 is 25.6 Å². The Labute approximate surface area is 218 Å². The molecule has 2 saturated heterocycles. The van der Waals surface area contributed by atoms with Crippen molar-refractivity contribution in [1.29, 1.82) is 0 Å². The fraction of sp³-hybridized carbons (Fsp3) is 0.565. The fourth-order valence-corrected chi connectivity index (χ4v) is 4.20. The van der Waals surface area contributed by atoms with Crippen molar-refractivity contribution in [2.75, 3.05) is 55.4 Å². The number of aromatic nitrogens is 4. The van der Waals surface area contributed by atoms with Crippen molar-refractivity contribution in [2.45, 2.75) is 44.2 Å². The number of piperidine rings is 1. The van der Waals surface area contributed by atoms with Crippen LogP contribution in [0.2, 0.25) is 0 Å². The maximum Gasteiger partial charge on any atom is 0.412 e. The highest BCUT2D eigenvalue weighted by atomic mass is 19.3. The molecule has 3 amide bonds. The van der Waals surface area contributed by atoms with Crippen LogP contribution in [-0.4, -0.2) is 94.9 Å². The second kappa shape index (κ2) is 12.1. The number of rotatable bonds is 8. The monoisotopic (exact) mass is 535 g/mol. The number of carbonyl (C=O) groups excluding carboxylic acids is 2. The van der Waals surface area contributed by atoms with E-state index in [1.807, 2.05) is 0 Å². The van der Waals surface area contributed by atoms with Crippen molar-refractivity contribution in [2.24, 2.45) is 0 Å². The average molecular weight is 536 g/mol. The lowest BCUT2D eigenvalue weighted by Crippen LogP contribution is -2.60. The van der Waals surface area contributed by atoms with Crippen molar-refractivity contribution in [1.82, 2.24) is 30.2 Å². The van der Waals surface area contributed by atoms with Gasteiger partial charge in [-0.1, -0.05) is 0 Å². The van der Waals surface area contributed by atoms with Crippen LogP contribution in [0.4, 0.5) is 36.0 Å². The van der Waals surface area contributed by atoms with E-state index in [9.17, 15) is 18.4 Å². The maximum atomic E-state index is 14.9. The number of alkyl halides is 2. The van der Waals surface area contributed by atoms with Gasteiger partial charge in [0.1, 0.15) is 18.5 Å². The summed E-state index contributed by atoms with van der Waals surface area (Å²) in [5.74, 6) is -2.45. The normalized spacial score (nSPS) is 20.5. The summed E-state index contributed by atoms with van der Waals surface area (Å²) < 4.78 is 40.2. The van der Waals surface area contributed by atoms with Gasteiger partial charge in [-0.3, -0.25) is 10.6 Å². The Morgan fingerprint density at radius 3 is 2.79 bits per heavy atom. The molecule has 4 heterocycles. The van der Waals surface area contributed by atoms with E-state index in [-0.39, 0.29) is 49.2 Å². The van der Waals surface area contributed by atoms with E-state index in [0.29, 0.717) is 6.61 Å². The average Bonchev–Trinajstić information content (AvgIpc) is 3.42. The number of amides is 3. The van der Waals surface area contributed by atoms with Crippen LogP contribution in [0.1, 0.15) is 26.2 Å². The Morgan fingerprint density at radius 1 is 1.24 bits per heavy atom. The summed E-state index contributed by atoms with van der Waals surface area (Å²) in [5, 5.41) is 8.25. The van der Waals surface area contributed by atoms with E-state index >= 15 is 0 Å². The van der Waals surface area contributed by atoms with E-state index < -0.39 is 30.5 Å². The van der Waals surface area contributed by atoms with Crippen LogP contribution in [0.5, 0.6) is 5.88 Å². The summed E-state index contributed by atoms with van der Waals surface area (Å²) in [6, 6.07) is -0.641. The highest BCUT2D eigenvalue weighted by molar-refractivity contribution is 5.88. The number of hydrogen-bond donors (Lipinski definition) is 3. The lowest BCUT2D eigenvalue weighted by molar-refractivity contribution is -0.0760. The molecule has 0 saturated carbocycles. The highest BCUT2D eigenvalue weighted by Gasteiger charge is 2.48. The Balaban J connectivity index is 1.37. The quantitative estimate of drug-likeness (QED) is 0.460. The topological polar surface area (TPSA) is 147 Å². The summed E-state index contributed by atoms with van der Waals surface area (Å²) >= 11 is 0. The number of halogens is 2. The third kappa shape index (κ3) is 6.90. The molecule has 2 atom stereocenters. The van der Waals surface area contributed by atoms with Gasteiger partial charge in [0, 0.05) is 38.8 Å². The zero-order chi connectivity index (χ0) is 27.1. The van der Waals surface area contributed by atoms with E-state index in [1.165, 1.54) is 31.7 Å². The van der Waals surface area contributed by atoms with Gasteiger partial charge in [0.2, 0.25) is 11.8 Å². The minimum atomic E-state index is -3.15. The number of likely N-dealkylation sites (N-methyl/N-ethyl adjacent to an activating group) is 1. The molecule has 0 radical (unpaired) electrons. The highest BCUT2D eigenvalue weighted by Crippen LogP contribution is 2.33. The summed E-state index contributed by atoms with van der Waals surface area (Å²) in [6.45, 7) is 3.07. The first kappa shape index (κ1) is 27.2. The zero-order valence-corrected chi connectivity index (χ0v) is 21.2. The molecule has 0 unspecified atom stereocenters. The molecule has 2 aliphatic heterocycles. The SMILES string of the molecule is CCOc1cnc(NC(=O)N(C)[C@H]2CN(c3nccc(NC(=O)OC[C@@H]4CCCN4)n3)CCC2(F)F)cn1. The zero-order valence-electron chi connectivity index (χ0n) is 21.2. The number of anilines is 3. The van der Waals surface area contributed by atoms with Gasteiger partial charge in [-0.2, -0.15) is 4.98 Å². The summed E-state index contributed by atoms with van der Waals surface area (Å²) in [5.41, 5.74) is 0. The molecule has 13 nitrogen and oxygen atoms in total. The van der Waals surface area contributed by atoms with Gasteiger partial charge in [0.05, 0.1) is 19.0 Å². The minimum absolute atomic E-state index is 0.0371. The van der Waals surface area contributed by atoms with Gasteiger partial charge in [0.25, 0.3) is 5.92 Å². The number of nitrogens with zero attached hydrogens (tertiary/aromatic N) is 6. The number of urea groups is 1. The molecule has 0 spiro atoms. The third-order valence-corrected chi connectivity index (χ3v) is 6.27. The van der Waals surface area contributed by atoms with E-state index in [4.69, 9.17) is 9.47 Å². The minimum Gasteiger partial charge on any atom is -0.477 e. The van der Waals surface area contributed by atoms with Gasteiger partial charge >= 0.3 is 12.1 Å². The predicted molar refractivity (Wildman–Crippen MR) is 134 cm³/mol. The first-order valence-electron chi connectivity index (χ1n) is 12.4. The van der Waals surface area contributed by atoms with Gasteiger partial charge in [-0.05, 0) is 32.4 Å². The van der Waals surface area contributed by atoms with Crippen LogP contribution in [0.15, 0.2) is 24.7 Å². The number of carbonyl (C=O) groups is 2.